The Balaban J connectivity index is 2.12. The molecule has 2 aromatic carbocycles. The standard InChI is InChI=1S/C16H13NO3/c1-20-14(19)9-17-12-7-5-10-3-2-4-11-6-8-13(18)16(12)15(10)11/h2-8,17H,9H2,1H3. The summed E-state index contributed by atoms with van der Waals surface area (Å²) < 4.78 is 4.60. The van der Waals surface area contributed by atoms with Gasteiger partial charge in [-0.15, -0.1) is 0 Å². The Hall–Kier alpha value is -2.62. The number of ether oxygens (including phenoxy) is 1. The van der Waals surface area contributed by atoms with Gasteiger partial charge in [-0.25, -0.2) is 0 Å². The van der Waals surface area contributed by atoms with Crippen LogP contribution >= 0.6 is 0 Å². The molecule has 0 saturated carbocycles. The van der Waals surface area contributed by atoms with Gasteiger partial charge < -0.3 is 10.1 Å². The molecule has 0 saturated heterocycles. The van der Waals surface area contributed by atoms with Crippen molar-refractivity contribution >= 4 is 34.3 Å². The van der Waals surface area contributed by atoms with Crippen LogP contribution < -0.4 is 5.32 Å². The zero-order valence-corrected chi connectivity index (χ0v) is 11.0. The fourth-order valence-corrected chi connectivity index (χ4v) is 2.44. The molecular formula is C16H13NO3. The third-order valence-electron chi connectivity index (χ3n) is 3.39. The van der Waals surface area contributed by atoms with Gasteiger partial charge in [0.2, 0.25) is 0 Å². The molecule has 0 atom stereocenters. The lowest BCUT2D eigenvalue weighted by atomic mass is 9.91. The van der Waals surface area contributed by atoms with Crippen LogP contribution in [-0.4, -0.2) is 25.4 Å². The van der Waals surface area contributed by atoms with Crippen LogP contribution in [0.5, 0.6) is 0 Å². The van der Waals surface area contributed by atoms with Crippen molar-refractivity contribution in [1.82, 2.24) is 0 Å². The van der Waals surface area contributed by atoms with E-state index in [0.717, 1.165) is 16.3 Å². The van der Waals surface area contributed by atoms with E-state index in [1.165, 1.54) is 7.11 Å². The van der Waals surface area contributed by atoms with E-state index >= 15 is 0 Å². The third kappa shape index (κ3) is 1.95. The number of ketones is 1. The van der Waals surface area contributed by atoms with Crippen molar-refractivity contribution in [2.45, 2.75) is 0 Å². The van der Waals surface area contributed by atoms with Crippen molar-refractivity contribution in [3.8, 4) is 0 Å². The van der Waals surface area contributed by atoms with E-state index in [4.69, 9.17) is 0 Å². The Bertz CT molecular complexity index is 747. The van der Waals surface area contributed by atoms with Crippen LogP contribution in [0.4, 0.5) is 5.69 Å². The fraction of sp³-hybridized carbons (Fsp3) is 0.125. The van der Waals surface area contributed by atoms with Gasteiger partial charge in [-0.2, -0.15) is 0 Å². The number of benzene rings is 2. The van der Waals surface area contributed by atoms with Gasteiger partial charge in [-0.05, 0) is 23.1 Å². The highest BCUT2D eigenvalue weighted by Gasteiger charge is 2.19. The van der Waals surface area contributed by atoms with Gasteiger partial charge in [0.05, 0.1) is 12.7 Å². The molecule has 0 aromatic heterocycles. The zero-order valence-electron chi connectivity index (χ0n) is 11.0. The number of carbonyl (C=O) groups is 2. The molecule has 0 bridgehead atoms. The van der Waals surface area contributed by atoms with Gasteiger partial charge in [-0.3, -0.25) is 9.59 Å². The van der Waals surface area contributed by atoms with Crippen LogP contribution in [0.15, 0.2) is 36.4 Å². The van der Waals surface area contributed by atoms with E-state index in [9.17, 15) is 9.59 Å². The van der Waals surface area contributed by atoms with Gasteiger partial charge >= 0.3 is 5.97 Å². The molecule has 1 aliphatic rings. The van der Waals surface area contributed by atoms with Gasteiger partial charge in [0.1, 0.15) is 6.54 Å². The van der Waals surface area contributed by atoms with E-state index in [1.807, 2.05) is 36.4 Å². The number of hydrogen-bond donors (Lipinski definition) is 1. The Morgan fingerprint density at radius 2 is 2.05 bits per heavy atom. The van der Waals surface area contributed by atoms with E-state index in [1.54, 1.807) is 6.08 Å². The number of hydrogen-bond acceptors (Lipinski definition) is 4. The van der Waals surface area contributed by atoms with E-state index < -0.39 is 0 Å². The average Bonchev–Trinajstić information content (AvgIpc) is 2.49. The average molecular weight is 267 g/mol. The molecule has 0 fully saturated rings. The number of methoxy groups -OCH3 is 1. The minimum atomic E-state index is -0.371. The molecule has 4 nitrogen and oxygen atoms in total. The predicted octanol–water partition coefficient (Wildman–Crippen LogP) is 2.63. The highest BCUT2D eigenvalue weighted by Crippen LogP contribution is 2.33. The second-order valence-corrected chi connectivity index (χ2v) is 4.56. The summed E-state index contributed by atoms with van der Waals surface area (Å²) in [5.74, 6) is -0.425. The molecule has 3 rings (SSSR count). The lowest BCUT2D eigenvalue weighted by Gasteiger charge is -2.16. The van der Waals surface area contributed by atoms with Crippen molar-refractivity contribution in [3.05, 3.63) is 47.5 Å². The van der Waals surface area contributed by atoms with Gasteiger partial charge in [0, 0.05) is 11.1 Å². The summed E-state index contributed by atoms with van der Waals surface area (Å²) in [6.07, 6.45) is 3.38. The van der Waals surface area contributed by atoms with Crippen molar-refractivity contribution in [3.63, 3.8) is 0 Å². The van der Waals surface area contributed by atoms with Crippen LogP contribution in [0.1, 0.15) is 15.9 Å². The second kappa shape index (κ2) is 4.81. The monoisotopic (exact) mass is 267 g/mol. The van der Waals surface area contributed by atoms with Gasteiger partial charge in [0.25, 0.3) is 0 Å². The first kappa shape index (κ1) is 12.4. The Morgan fingerprint density at radius 3 is 2.85 bits per heavy atom. The zero-order chi connectivity index (χ0) is 14.1. The first-order valence-electron chi connectivity index (χ1n) is 6.29. The van der Waals surface area contributed by atoms with Crippen molar-refractivity contribution in [2.24, 2.45) is 0 Å². The number of esters is 1. The van der Waals surface area contributed by atoms with Crippen molar-refractivity contribution in [1.29, 1.82) is 0 Å². The summed E-state index contributed by atoms with van der Waals surface area (Å²) in [4.78, 5) is 23.4. The lowest BCUT2D eigenvalue weighted by molar-refractivity contribution is -0.138. The van der Waals surface area contributed by atoms with Crippen molar-refractivity contribution < 1.29 is 14.3 Å². The Labute approximate surface area is 116 Å². The molecule has 1 N–H and O–H groups in total. The van der Waals surface area contributed by atoms with Crippen LogP contribution in [0.2, 0.25) is 0 Å². The lowest BCUT2D eigenvalue weighted by Crippen LogP contribution is -2.17. The van der Waals surface area contributed by atoms with Gasteiger partial charge in [-0.1, -0.05) is 30.3 Å². The largest absolute Gasteiger partial charge is 0.468 e. The third-order valence-corrected chi connectivity index (χ3v) is 3.39. The van der Waals surface area contributed by atoms with Crippen molar-refractivity contribution in [2.75, 3.05) is 19.0 Å². The smallest absolute Gasteiger partial charge is 0.325 e. The van der Waals surface area contributed by atoms with Crippen LogP contribution in [0.3, 0.4) is 0 Å². The van der Waals surface area contributed by atoms with Crippen LogP contribution in [-0.2, 0) is 9.53 Å². The molecule has 2 aromatic rings. The summed E-state index contributed by atoms with van der Waals surface area (Å²) in [5.41, 5.74) is 2.29. The maximum atomic E-state index is 12.2. The maximum absolute atomic E-state index is 12.2. The molecule has 0 spiro atoms. The summed E-state index contributed by atoms with van der Waals surface area (Å²) in [7, 11) is 1.33. The quantitative estimate of drug-likeness (QED) is 0.869. The molecule has 0 aliphatic heterocycles. The second-order valence-electron chi connectivity index (χ2n) is 4.56. The van der Waals surface area contributed by atoms with Gasteiger partial charge in [0.15, 0.2) is 5.78 Å². The number of carbonyl (C=O) groups excluding carboxylic acids is 2. The molecular weight excluding hydrogens is 254 g/mol. The Morgan fingerprint density at radius 1 is 1.20 bits per heavy atom. The maximum Gasteiger partial charge on any atom is 0.325 e. The first-order chi connectivity index (χ1) is 9.70. The van der Waals surface area contributed by atoms with E-state index in [0.29, 0.717) is 11.3 Å². The molecule has 1 aliphatic carbocycles. The molecule has 0 amide bonds. The summed E-state index contributed by atoms with van der Waals surface area (Å²) >= 11 is 0. The topological polar surface area (TPSA) is 55.4 Å². The molecule has 100 valence electrons. The number of allylic oxidation sites excluding steroid dienone is 1. The number of anilines is 1. The molecule has 4 heteroatoms. The summed E-state index contributed by atoms with van der Waals surface area (Å²) in [6.45, 7) is 0.0359. The summed E-state index contributed by atoms with van der Waals surface area (Å²) in [6, 6.07) is 9.66. The van der Waals surface area contributed by atoms with E-state index in [2.05, 4.69) is 10.1 Å². The Kier molecular flexibility index (Phi) is 2.99. The minimum absolute atomic E-state index is 0.0359. The molecule has 0 unspecified atom stereocenters. The predicted molar refractivity (Wildman–Crippen MR) is 77.8 cm³/mol. The molecule has 0 heterocycles. The minimum Gasteiger partial charge on any atom is -0.468 e. The first-order valence-corrected chi connectivity index (χ1v) is 6.29. The fourth-order valence-electron chi connectivity index (χ4n) is 2.44. The van der Waals surface area contributed by atoms with Crippen LogP contribution in [0, 0.1) is 0 Å². The SMILES string of the molecule is COC(=O)CNc1ccc2cccc3c2c1C(=O)C=C3. The molecule has 20 heavy (non-hydrogen) atoms. The van der Waals surface area contributed by atoms with E-state index in [-0.39, 0.29) is 18.3 Å². The highest BCUT2D eigenvalue weighted by molar-refractivity contribution is 6.23. The summed E-state index contributed by atoms with van der Waals surface area (Å²) in [5, 5.41) is 4.91. The molecule has 0 radical (unpaired) electrons. The van der Waals surface area contributed by atoms with Crippen LogP contribution in [0.25, 0.3) is 16.8 Å². The normalized spacial score (nSPS) is 12.6. The number of nitrogens with one attached hydrogen (secondary N) is 1. The highest BCUT2D eigenvalue weighted by atomic mass is 16.5. The number of rotatable bonds is 3.